The molecule has 0 unspecified atom stereocenters. The summed E-state index contributed by atoms with van der Waals surface area (Å²) in [5, 5.41) is 0. The van der Waals surface area contributed by atoms with E-state index in [0.717, 1.165) is 68.1 Å². The van der Waals surface area contributed by atoms with Gasteiger partial charge in [0, 0.05) is 26.2 Å². The molecule has 1 saturated heterocycles. The second-order valence-corrected chi connectivity index (χ2v) is 9.28. The average molecular weight is 473 g/mol. The highest BCUT2D eigenvalue weighted by atomic mass is 16.5. The Morgan fingerprint density at radius 1 is 0.857 bits per heavy atom. The van der Waals surface area contributed by atoms with Crippen LogP contribution in [0.5, 0.6) is 11.5 Å². The standard InChI is InChI=1S/C30H36N2O3/c1-31(20-17-24-15-16-27(34-2)28(23-24)35-3)21-22-32-19-10-18-30(29(32)33,25-11-6-4-7-12-25)26-13-8-5-9-14-26/h4-9,11-16,23H,10,17-22H2,1-3H3. The molecular formula is C30H36N2O3. The van der Waals surface area contributed by atoms with Crippen LogP contribution < -0.4 is 9.47 Å². The number of benzene rings is 3. The van der Waals surface area contributed by atoms with Crippen molar-refractivity contribution in [2.24, 2.45) is 0 Å². The summed E-state index contributed by atoms with van der Waals surface area (Å²) < 4.78 is 10.8. The molecule has 0 radical (unpaired) electrons. The van der Waals surface area contributed by atoms with E-state index in [0.29, 0.717) is 0 Å². The number of carbonyl (C=O) groups excluding carboxylic acids is 1. The Kier molecular flexibility index (Phi) is 8.09. The lowest BCUT2D eigenvalue weighted by atomic mass is 9.68. The van der Waals surface area contributed by atoms with Gasteiger partial charge < -0.3 is 19.3 Å². The molecule has 0 aromatic heterocycles. The number of carbonyl (C=O) groups is 1. The summed E-state index contributed by atoms with van der Waals surface area (Å²) in [6.07, 6.45) is 2.74. The second-order valence-electron chi connectivity index (χ2n) is 9.28. The number of piperidine rings is 1. The molecule has 0 bridgehead atoms. The quantitative estimate of drug-likeness (QED) is 0.426. The fraction of sp³-hybridized carbons (Fsp3) is 0.367. The monoisotopic (exact) mass is 472 g/mol. The topological polar surface area (TPSA) is 42.0 Å². The van der Waals surface area contributed by atoms with Gasteiger partial charge in [-0.25, -0.2) is 0 Å². The van der Waals surface area contributed by atoms with Gasteiger partial charge in [0.1, 0.15) is 0 Å². The summed E-state index contributed by atoms with van der Waals surface area (Å²) in [6.45, 7) is 3.27. The highest BCUT2D eigenvalue weighted by Gasteiger charge is 2.46. The van der Waals surface area contributed by atoms with E-state index in [9.17, 15) is 4.79 Å². The van der Waals surface area contributed by atoms with Gasteiger partial charge in [0.25, 0.3) is 0 Å². The SMILES string of the molecule is COc1ccc(CCN(C)CCN2CCCC(c3ccccc3)(c3ccccc3)C2=O)cc1OC. The molecule has 0 spiro atoms. The highest BCUT2D eigenvalue weighted by Crippen LogP contribution is 2.41. The van der Waals surface area contributed by atoms with Crippen molar-refractivity contribution in [1.29, 1.82) is 0 Å². The first-order chi connectivity index (χ1) is 17.1. The maximum atomic E-state index is 14.1. The third-order valence-electron chi connectivity index (χ3n) is 7.15. The van der Waals surface area contributed by atoms with Crippen LogP contribution >= 0.6 is 0 Å². The molecule has 184 valence electrons. The fourth-order valence-electron chi connectivity index (χ4n) is 5.13. The number of amides is 1. The highest BCUT2D eigenvalue weighted by molar-refractivity contribution is 5.92. The predicted molar refractivity (Wildman–Crippen MR) is 140 cm³/mol. The molecule has 3 aromatic rings. The van der Waals surface area contributed by atoms with Crippen LogP contribution in [0.3, 0.4) is 0 Å². The van der Waals surface area contributed by atoms with Gasteiger partial charge in [0.2, 0.25) is 5.91 Å². The molecule has 0 aliphatic carbocycles. The van der Waals surface area contributed by atoms with Crippen LogP contribution in [-0.2, 0) is 16.6 Å². The molecule has 35 heavy (non-hydrogen) atoms. The molecule has 1 fully saturated rings. The molecule has 5 heteroatoms. The molecule has 0 atom stereocenters. The lowest BCUT2D eigenvalue weighted by Crippen LogP contribution is -2.53. The molecule has 1 aliphatic rings. The maximum Gasteiger partial charge on any atom is 0.237 e. The van der Waals surface area contributed by atoms with Gasteiger partial charge in [-0.15, -0.1) is 0 Å². The van der Waals surface area contributed by atoms with E-state index in [1.807, 2.05) is 48.5 Å². The minimum Gasteiger partial charge on any atom is -0.493 e. The van der Waals surface area contributed by atoms with Crippen molar-refractivity contribution in [2.45, 2.75) is 24.7 Å². The van der Waals surface area contributed by atoms with Crippen molar-refractivity contribution in [1.82, 2.24) is 9.80 Å². The normalized spacial score (nSPS) is 15.3. The number of rotatable bonds is 10. The zero-order valence-electron chi connectivity index (χ0n) is 21.1. The molecule has 1 aliphatic heterocycles. The van der Waals surface area contributed by atoms with Crippen LogP contribution in [0.4, 0.5) is 0 Å². The Morgan fingerprint density at radius 3 is 2.09 bits per heavy atom. The van der Waals surface area contributed by atoms with Crippen molar-refractivity contribution in [3.05, 3.63) is 95.6 Å². The summed E-state index contributed by atoms with van der Waals surface area (Å²) in [5.74, 6) is 1.72. The van der Waals surface area contributed by atoms with Crippen molar-refractivity contribution < 1.29 is 14.3 Å². The fourth-order valence-corrected chi connectivity index (χ4v) is 5.13. The van der Waals surface area contributed by atoms with E-state index in [-0.39, 0.29) is 5.91 Å². The van der Waals surface area contributed by atoms with Crippen LogP contribution in [0.1, 0.15) is 29.5 Å². The predicted octanol–water partition coefficient (Wildman–Crippen LogP) is 4.79. The van der Waals surface area contributed by atoms with Crippen LogP contribution in [0.15, 0.2) is 78.9 Å². The Balaban J connectivity index is 1.43. The molecule has 4 rings (SSSR count). The molecular weight excluding hydrogens is 436 g/mol. The number of hydrogen-bond acceptors (Lipinski definition) is 4. The first-order valence-corrected chi connectivity index (χ1v) is 12.4. The van der Waals surface area contributed by atoms with Gasteiger partial charge in [-0.2, -0.15) is 0 Å². The van der Waals surface area contributed by atoms with Crippen molar-refractivity contribution >= 4 is 5.91 Å². The third-order valence-corrected chi connectivity index (χ3v) is 7.15. The van der Waals surface area contributed by atoms with E-state index in [2.05, 4.69) is 47.2 Å². The van der Waals surface area contributed by atoms with Crippen molar-refractivity contribution in [3.8, 4) is 11.5 Å². The first kappa shape index (κ1) is 24.8. The smallest absolute Gasteiger partial charge is 0.237 e. The number of hydrogen-bond donors (Lipinski definition) is 0. The Labute approximate surface area is 209 Å². The van der Waals surface area contributed by atoms with Crippen LogP contribution in [0.2, 0.25) is 0 Å². The zero-order chi connectivity index (χ0) is 24.7. The number of ether oxygens (including phenoxy) is 2. The van der Waals surface area contributed by atoms with E-state index in [1.54, 1.807) is 14.2 Å². The lowest BCUT2D eigenvalue weighted by Gasteiger charge is -2.43. The Hall–Kier alpha value is -3.31. The number of likely N-dealkylation sites (N-methyl/N-ethyl adjacent to an activating group) is 1. The van der Waals surface area contributed by atoms with Crippen molar-refractivity contribution in [3.63, 3.8) is 0 Å². The van der Waals surface area contributed by atoms with E-state index >= 15 is 0 Å². The molecule has 1 amide bonds. The van der Waals surface area contributed by atoms with Gasteiger partial charge in [0.15, 0.2) is 11.5 Å². The summed E-state index contributed by atoms with van der Waals surface area (Å²) in [7, 11) is 5.43. The van der Waals surface area contributed by atoms with Gasteiger partial charge in [0.05, 0.1) is 19.6 Å². The first-order valence-electron chi connectivity index (χ1n) is 12.4. The van der Waals surface area contributed by atoms with Gasteiger partial charge in [-0.3, -0.25) is 4.79 Å². The Bertz CT molecular complexity index is 1060. The van der Waals surface area contributed by atoms with E-state index in [1.165, 1.54) is 5.56 Å². The molecule has 0 N–H and O–H groups in total. The van der Waals surface area contributed by atoms with Gasteiger partial charge >= 0.3 is 0 Å². The second kappa shape index (κ2) is 11.4. The van der Waals surface area contributed by atoms with Gasteiger partial charge in [-0.05, 0) is 55.1 Å². The number of likely N-dealkylation sites (tertiary alicyclic amines) is 1. The molecule has 3 aromatic carbocycles. The lowest BCUT2D eigenvalue weighted by molar-refractivity contribution is -0.139. The maximum absolute atomic E-state index is 14.1. The van der Waals surface area contributed by atoms with E-state index < -0.39 is 5.41 Å². The summed E-state index contributed by atoms with van der Waals surface area (Å²) in [4.78, 5) is 18.4. The molecule has 5 nitrogen and oxygen atoms in total. The molecule has 1 heterocycles. The summed E-state index contributed by atoms with van der Waals surface area (Å²) in [5.41, 5.74) is 2.76. The minimum absolute atomic E-state index is 0.217. The Morgan fingerprint density at radius 2 is 1.49 bits per heavy atom. The van der Waals surface area contributed by atoms with Crippen LogP contribution in [0, 0.1) is 0 Å². The minimum atomic E-state index is -0.612. The summed E-state index contributed by atoms with van der Waals surface area (Å²) >= 11 is 0. The molecule has 0 saturated carbocycles. The van der Waals surface area contributed by atoms with E-state index in [4.69, 9.17) is 9.47 Å². The van der Waals surface area contributed by atoms with Gasteiger partial charge in [-0.1, -0.05) is 66.7 Å². The number of methoxy groups -OCH3 is 2. The zero-order valence-corrected chi connectivity index (χ0v) is 21.1. The average Bonchev–Trinajstić information content (AvgIpc) is 2.92. The third kappa shape index (κ3) is 5.35. The van der Waals surface area contributed by atoms with Crippen molar-refractivity contribution in [2.75, 3.05) is 47.4 Å². The summed E-state index contributed by atoms with van der Waals surface area (Å²) in [6, 6.07) is 26.6. The van der Waals surface area contributed by atoms with Crippen LogP contribution in [0.25, 0.3) is 0 Å². The van der Waals surface area contributed by atoms with Crippen LogP contribution in [-0.4, -0.2) is 63.2 Å². The largest absolute Gasteiger partial charge is 0.493 e. The number of nitrogens with zero attached hydrogens (tertiary/aromatic N) is 2.